The van der Waals surface area contributed by atoms with Gasteiger partial charge in [-0.15, -0.1) is 0 Å². The highest BCUT2D eigenvalue weighted by molar-refractivity contribution is 5.95. The fraction of sp³-hybridized carbons (Fsp3) is 0.167. The van der Waals surface area contributed by atoms with Gasteiger partial charge in [-0.2, -0.15) is 5.26 Å². The highest BCUT2D eigenvalue weighted by atomic mass is 16.5. The predicted molar refractivity (Wildman–Crippen MR) is 115 cm³/mol. The molecule has 5 heteroatoms. The van der Waals surface area contributed by atoms with Gasteiger partial charge in [0.05, 0.1) is 11.6 Å². The number of hydrogen-bond acceptors (Lipinski definition) is 4. The summed E-state index contributed by atoms with van der Waals surface area (Å²) in [6.45, 7) is 3.86. The summed E-state index contributed by atoms with van der Waals surface area (Å²) in [7, 11) is 0. The molecule has 0 bridgehead atoms. The molecular weight excluding hydrogens is 362 g/mol. The number of carbonyl (C=O) groups excluding carboxylic acids is 1. The van der Waals surface area contributed by atoms with E-state index in [9.17, 15) is 4.79 Å². The van der Waals surface area contributed by atoms with Crippen molar-refractivity contribution in [3.63, 3.8) is 0 Å². The summed E-state index contributed by atoms with van der Waals surface area (Å²) >= 11 is 0. The van der Waals surface area contributed by atoms with Crippen molar-refractivity contribution in [2.24, 2.45) is 0 Å². The maximum absolute atomic E-state index is 12.8. The molecule has 0 aromatic heterocycles. The van der Waals surface area contributed by atoms with E-state index in [1.165, 1.54) is 0 Å². The summed E-state index contributed by atoms with van der Waals surface area (Å²) in [5.41, 5.74) is 3.32. The van der Waals surface area contributed by atoms with E-state index in [0.717, 1.165) is 17.1 Å². The number of nitrogens with one attached hydrogen (secondary N) is 1. The van der Waals surface area contributed by atoms with Crippen molar-refractivity contribution in [2.75, 3.05) is 16.8 Å². The zero-order valence-electron chi connectivity index (χ0n) is 16.5. The molecule has 0 saturated carbocycles. The van der Waals surface area contributed by atoms with Crippen molar-refractivity contribution in [3.8, 4) is 11.8 Å². The first-order chi connectivity index (χ1) is 14.1. The highest BCUT2D eigenvalue weighted by Crippen LogP contribution is 2.23. The van der Waals surface area contributed by atoms with Gasteiger partial charge in [0.2, 0.25) is 0 Å². The lowest BCUT2D eigenvalue weighted by Crippen LogP contribution is -2.40. The van der Waals surface area contributed by atoms with Crippen molar-refractivity contribution in [1.82, 2.24) is 0 Å². The molecule has 5 nitrogen and oxygen atoms in total. The summed E-state index contributed by atoms with van der Waals surface area (Å²) in [6.07, 6.45) is 0. The molecule has 3 rings (SSSR count). The summed E-state index contributed by atoms with van der Waals surface area (Å²) in [6, 6.07) is 26.4. The maximum Gasteiger partial charge on any atom is 0.265 e. The molecule has 0 atom stereocenters. The van der Waals surface area contributed by atoms with Crippen LogP contribution in [0.2, 0.25) is 0 Å². The molecule has 0 fully saturated rings. The Hall–Kier alpha value is -3.78. The fourth-order valence-corrected chi connectivity index (χ4v) is 2.96. The van der Waals surface area contributed by atoms with Crippen LogP contribution < -0.4 is 15.0 Å². The smallest absolute Gasteiger partial charge is 0.265 e. The van der Waals surface area contributed by atoms with Crippen LogP contribution in [0, 0.1) is 11.3 Å². The minimum Gasteiger partial charge on any atom is -0.484 e. The highest BCUT2D eigenvalue weighted by Gasteiger charge is 2.19. The van der Waals surface area contributed by atoms with Gasteiger partial charge in [-0.1, -0.05) is 18.2 Å². The number of carbonyl (C=O) groups is 1. The molecule has 1 N–H and O–H groups in total. The summed E-state index contributed by atoms with van der Waals surface area (Å²) in [5, 5.41) is 12.2. The number of nitrogens with zero attached hydrogens (tertiary/aromatic N) is 2. The molecule has 0 spiro atoms. The number of hydrogen-bond donors (Lipinski definition) is 1. The lowest BCUT2D eigenvalue weighted by Gasteiger charge is -2.27. The number of ether oxygens (including phenoxy) is 1. The van der Waals surface area contributed by atoms with Crippen molar-refractivity contribution >= 4 is 23.0 Å². The van der Waals surface area contributed by atoms with Crippen molar-refractivity contribution in [3.05, 3.63) is 84.4 Å². The first-order valence-corrected chi connectivity index (χ1v) is 9.44. The topological polar surface area (TPSA) is 65.4 Å². The second-order valence-corrected chi connectivity index (χ2v) is 6.82. The van der Waals surface area contributed by atoms with Gasteiger partial charge in [0.15, 0.2) is 6.61 Å². The van der Waals surface area contributed by atoms with Crippen LogP contribution in [-0.4, -0.2) is 18.6 Å². The van der Waals surface area contributed by atoms with Crippen LogP contribution >= 0.6 is 0 Å². The number of anilines is 3. The van der Waals surface area contributed by atoms with Crippen LogP contribution in [0.25, 0.3) is 0 Å². The van der Waals surface area contributed by atoms with E-state index in [2.05, 4.69) is 11.4 Å². The van der Waals surface area contributed by atoms with Crippen LogP contribution in [0.1, 0.15) is 19.4 Å². The zero-order valence-corrected chi connectivity index (χ0v) is 16.5. The van der Waals surface area contributed by atoms with Gasteiger partial charge in [-0.05, 0) is 74.5 Å². The fourth-order valence-electron chi connectivity index (χ4n) is 2.96. The minimum atomic E-state index is -0.131. The molecule has 1 amide bonds. The van der Waals surface area contributed by atoms with Crippen LogP contribution in [-0.2, 0) is 4.79 Å². The third-order valence-electron chi connectivity index (χ3n) is 4.34. The Balaban J connectivity index is 1.66. The standard InChI is InChI=1S/C24H23N3O2/c1-18(2)27(24(28)17-29-23-14-8-19(16-25)9-15-23)22-12-10-21(11-13-22)26-20-6-4-3-5-7-20/h3-15,18,26H,17H2,1-2H3. The number of nitriles is 1. The lowest BCUT2D eigenvalue weighted by atomic mass is 10.2. The van der Waals surface area contributed by atoms with Crippen LogP contribution in [0.5, 0.6) is 5.75 Å². The second kappa shape index (κ2) is 9.43. The van der Waals surface area contributed by atoms with Crippen molar-refractivity contribution in [2.45, 2.75) is 19.9 Å². The van der Waals surface area contributed by atoms with Gasteiger partial charge in [0.1, 0.15) is 5.75 Å². The average molecular weight is 385 g/mol. The molecule has 0 aliphatic rings. The third kappa shape index (κ3) is 5.36. The van der Waals surface area contributed by atoms with Gasteiger partial charge in [0, 0.05) is 23.1 Å². The Labute approximate surface area is 171 Å². The molecule has 0 radical (unpaired) electrons. The van der Waals surface area contributed by atoms with E-state index in [4.69, 9.17) is 10.00 Å². The molecule has 3 aromatic rings. The van der Waals surface area contributed by atoms with Gasteiger partial charge < -0.3 is 15.0 Å². The van der Waals surface area contributed by atoms with Crippen molar-refractivity contribution in [1.29, 1.82) is 5.26 Å². The van der Waals surface area contributed by atoms with Gasteiger partial charge in [-0.3, -0.25) is 4.79 Å². The summed E-state index contributed by atoms with van der Waals surface area (Å²) in [5.74, 6) is 0.427. The van der Waals surface area contributed by atoms with Crippen LogP contribution in [0.3, 0.4) is 0 Å². The quantitative estimate of drug-likeness (QED) is 0.613. The van der Waals surface area contributed by atoms with Crippen molar-refractivity contribution < 1.29 is 9.53 Å². The molecular formula is C24H23N3O2. The molecule has 29 heavy (non-hydrogen) atoms. The molecule has 0 heterocycles. The second-order valence-electron chi connectivity index (χ2n) is 6.82. The number of para-hydroxylation sites is 1. The number of rotatable bonds is 7. The Morgan fingerprint density at radius 1 is 0.966 bits per heavy atom. The molecule has 0 unspecified atom stereocenters. The van der Waals surface area contributed by atoms with E-state index >= 15 is 0 Å². The third-order valence-corrected chi connectivity index (χ3v) is 4.34. The van der Waals surface area contributed by atoms with E-state index in [0.29, 0.717) is 11.3 Å². The molecule has 146 valence electrons. The Bertz CT molecular complexity index is 975. The first kappa shape index (κ1) is 20.0. The molecule has 3 aromatic carbocycles. The number of amides is 1. The molecule has 0 aliphatic carbocycles. The predicted octanol–water partition coefficient (Wildman–Crippen LogP) is 5.12. The van der Waals surface area contributed by atoms with E-state index in [1.54, 1.807) is 29.2 Å². The lowest BCUT2D eigenvalue weighted by molar-refractivity contribution is -0.120. The minimum absolute atomic E-state index is 0.0139. The first-order valence-electron chi connectivity index (χ1n) is 9.44. The van der Waals surface area contributed by atoms with Crippen LogP contribution in [0.15, 0.2) is 78.9 Å². The van der Waals surface area contributed by atoms with Crippen LogP contribution in [0.4, 0.5) is 17.1 Å². The van der Waals surface area contributed by atoms with E-state index < -0.39 is 0 Å². The van der Waals surface area contributed by atoms with E-state index in [1.807, 2.05) is 68.4 Å². The number of benzene rings is 3. The zero-order chi connectivity index (χ0) is 20.6. The van der Waals surface area contributed by atoms with Gasteiger partial charge >= 0.3 is 0 Å². The van der Waals surface area contributed by atoms with E-state index in [-0.39, 0.29) is 18.6 Å². The normalized spacial score (nSPS) is 10.3. The Morgan fingerprint density at radius 3 is 2.17 bits per heavy atom. The summed E-state index contributed by atoms with van der Waals surface area (Å²) < 4.78 is 5.61. The monoisotopic (exact) mass is 385 g/mol. The SMILES string of the molecule is CC(C)N(C(=O)COc1ccc(C#N)cc1)c1ccc(Nc2ccccc2)cc1. The van der Waals surface area contributed by atoms with Gasteiger partial charge in [0.25, 0.3) is 5.91 Å². The largest absolute Gasteiger partial charge is 0.484 e. The van der Waals surface area contributed by atoms with Gasteiger partial charge in [-0.25, -0.2) is 0 Å². The average Bonchev–Trinajstić information content (AvgIpc) is 2.74. The Morgan fingerprint density at radius 2 is 1.59 bits per heavy atom. The summed E-state index contributed by atoms with van der Waals surface area (Å²) in [4.78, 5) is 14.5. The maximum atomic E-state index is 12.8. The molecule has 0 saturated heterocycles. The Kier molecular flexibility index (Phi) is 6.49. The molecule has 0 aliphatic heterocycles.